The van der Waals surface area contributed by atoms with Crippen molar-refractivity contribution in [2.75, 3.05) is 65.8 Å². The number of hydrogen-bond acceptors (Lipinski definition) is 29. The fourth-order valence-electron chi connectivity index (χ4n) is 9.80. The zero-order valence-electron chi connectivity index (χ0n) is 60.4. The third kappa shape index (κ3) is 37.5. The lowest BCUT2D eigenvalue weighted by molar-refractivity contribution is -0.144. The Morgan fingerprint density at radius 2 is 0.705 bits per heavy atom. The fourth-order valence-corrected chi connectivity index (χ4v) is 9.80. The van der Waals surface area contributed by atoms with E-state index >= 15 is 0 Å². The minimum Gasteiger partial charge on any atom is -0.481 e. The topological polar surface area (TPSA) is 882 Å². The molecule has 0 aliphatic carbocycles. The van der Waals surface area contributed by atoms with E-state index < -0.39 is 313 Å². The van der Waals surface area contributed by atoms with Gasteiger partial charge < -0.3 is 165 Å². The second kappa shape index (κ2) is 51.5. The Kier molecular flexibility index (Phi) is 45.2. The lowest BCUT2D eigenvalue weighted by atomic mass is 10.0. The lowest BCUT2D eigenvalue weighted by Gasteiger charge is -2.27. The van der Waals surface area contributed by atoms with Crippen molar-refractivity contribution in [1.29, 1.82) is 0 Å². The van der Waals surface area contributed by atoms with Gasteiger partial charge in [-0.3, -0.25) is 96.3 Å². The second-order valence-electron chi connectivity index (χ2n) is 24.7. The van der Waals surface area contributed by atoms with Gasteiger partial charge in [-0.25, -0.2) is 4.79 Å². The number of aliphatic imine (C=N–C) groups is 2. The van der Waals surface area contributed by atoms with E-state index in [1.165, 1.54) is 0 Å². The largest absolute Gasteiger partial charge is 0.481 e. The molecule has 1 aliphatic heterocycles. The maximum Gasteiger partial charge on any atom is 0.326 e. The third-order valence-electron chi connectivity index (χ3n) is 15.8. The molecule has 1 rings (SSSR count). The summed E-state index contributed by atoms with van der Waals surface area (Å²) in [6.45, 7) is -7.74. The molecule has 0 aromatic heterocycles. The zero-order valence-corrected chi connectivity index (χ0v) is 60.4. The van der Waals surface area contributed by atoms with Crippen LogP contribution in [0.15, 0.2) is 9.98 Å². The van der Waals surface area contributed by atoms with Crippen molar-refractivity contribution in [3.63, 3.8) is 0 Å². The van der Waals surface area contributed by atoms with Crippen LogP contribution in [0, 0.1) is 0 Å². The van der Waals surface area contributed by atoms with Gasteiger partial charge >= 0.3 is 23.9 Å². The monoisotopic (exact) mass is 1610 g/mol. The zero-order chi connectivity index (χ0) is 85.1. The number of nitrogens with one attached hydrogen (secondary N) is 15. The normalized spacial score (nSPS) is 15.9. The molecule has 15 amide bonds. The Balaban J connectivity index is 3.34. The van der Waals surface area contributed by atoms with E-state index in [-0.39, 0.29) is 32.4 Å². The van der Waals surface area contributed by atoms with Gasteiger partial charge in [0, 0.05) is 32.4 Å². The van der Waals surface area contributed by atoms with Gasteiger partial charge in [-0.1, -0.05) is 0 Å². The van der Waals surface area contributed by atoms with Crippen LogP contribution in [0.25, 0.3) is 0 Å². The fraction of sp³-hybridized carbons (Fsp3) is 0.650. The molecule has 630 valence electrons. The summed E-state index contributed by atoms with van der Waals surface area (Å²) in [6.07, 6.45) is -6.93. The Bertz CT molecular complexity index is 3350. The molecule has 0 bridgehead atoms. The van der Waals surface area contributed by atoms with E-state index in [1.54, 1.807) is 0 Å². The number of primary amides is 1. The molecule has 0 spiro atoms. The van der Waals surface area contributed by atoms with Gasteiger partial charge in [-0.2, -0.15) is 0 Å². The number of carbonyl (C=O) groups is 19. The first-order valence-corrected chi connectivity index (χ1v) is 34.2. The van der Waals surface area contributed by atoms with Crippen molar-refractivity contribution in [1.82, 2.24) is 79.8 Å². The van der Waals surface area contributed by atoms with Gasteiger partial charge in [0.1, 0.15) is 78.5 Å². The summed E-state index contributed by atoms with van der Waals surface area (Å²) in [7, 11) is 0. The predicted molar refractivity (Wildman–Crippen MR) is 375 cm³/mol. The number of rotatable bonds is 55. The summed E-state index contributed by atoms with van der Waals surface area (Å²) in [5, 5.41) is 140. The molecule has 1 fully saturated rings. The first kappa shape index (κ1) is 98.2. The van der Waals surface area contributed by atoms with Crippen LogP contribution in [0.4, 0.5) is 0 Å². The Labute approximate surface area is 635 Å². The van der Waals surface area contributed by atoms with Crippen molar-refractivity contribution in [3.8, 4) is 0 Å². The summed E-state index contributed by atoms with van der Waals surface area (Å²) in [6, 6.07) is -26.0. The number of amides is 15. The second-order valence-corrected chi connectivity index (χ2v) is 24.7. The molecule has 1 heterocycles. The molecule has 1 saturated heterocycles. The number of hydrogen-bond donors (Lipinski definition) is 31. The summed E-state index contributed by atoms with van der Waals surface area (Å²) in [4.78, 5) is 254. The number of nitrogens with two attached hydrogens (primary N) is 5. The maximum absolute atomic E-state index is 14.3. The Hall–Kier alpha value is -11.8. The van der Waals surface area contributed by atoms with E-state index in [0.29, 0.717) is 19.4 Å². The van der Waals surface area contributed by atoms with Crippen molar-refractivity contribution in [2.24, 2.45) is 38.7 Å². The summed E-state index contributed by atoms with van der Waals surface area (Å²) in [5.41, 5.74) is 27.2. The van der Waals surface area contributed by atoms with Gasteiger partial charge in [0.2, 0.25) is 88.6 Å². The predicted octanol–water partition coefficient (Wildman–Crippen LogP) is -17.8. The summed E-state index contributed by atoms with van der Waals surface area (Å²) < 4.78 is 0. The van der Waals surface area contributed by atoms with Crippen molar-refractivity contribution in [2.45, 2.75) is 181 Å². The molecular weight excluding hydrogens is 1510 g/mol. The van der Waals surface area contributed by atoms with Gasteiger partial charge in [-0.15, -0.1) is 0 Å². The SMILES string of the molecule is C[C@@H](O)[C@H](NC(=O)[C@H](CO)NC(=O)CNC(=O)[C@H](CO)NC(=O)[C@H](CO)NC(=O)[C@H](CO)NC(=O)[C@H](CCCN=C(N)N)NC(=O)[C@H](CCCN=C(N)N)NC(=O)[C@H](CCC(N)=O)NC(=O)[C@H](CO)NC(=O)[C@H](CCC(=O)O)NC(=O)[C@@H]1CCCN1)C(=O)N[C@@H](CC(=O)O)C(=O)N[C@@H](CO)C(=O)N[C@@H](CCC(=O)O)C(=O)O. The molecule has 36 N–H and O–H groups in total. The lowest BCUT2D eigenvalue weighted by Crippen LogP contribution is -2.62. The van der Waals surface area contributed by atoms with Crippen LogP contribution in [0.2, 0.25) is 0 Å². The van der Waals surface area contributed by atoms with E-state index in [4.69, 9.17) is 33.8 Å². The first-order chi connectivity index (χ1) is 52.7. The third-order valence-corrected chi connectivity index (χ3v) is 15.8. The molecule has 52 heteroatoms. The molecule has 0 aromatic rings. The van der Waals surface area contributed by atoms with Crippen LogP contribution in [0.3, 0.4) is 0 Å². The standard InChI is InChI=1S/C60H100N22O30/c1-25(89)44(57(110)76-32(17-43(96)97)51(104)80-36(22-86)53(106)75-31(58(111)112)10-13-42(94)95)82-56(109)34(20-84)70-40(91)18-69-45(98)33(19-83)77-54(107)38(24-88)81-55(108)37(23-87)78-48(101)28(7-4-16-68-60(64)65)71-47(100)27(6-3-15-67-59(62)63)72-49(102)29(8-11-39(61)90)74-52(105)35(21-85)79-50(103)30(9-12-41(92)93)73-46(99)26-5-2-14-66-26/h25-38,44,66,83-89H,2-24H2,1H3,(H2,61,90)(H,69,98)(H,70,91)(H,71,100)(H,72,102)(H,73,99)(H,74,105)(H,75,106)(H,76,110)(H,77,107)(H,78,101)(H,79,103)(H,80,104)(H,81,108)(H,82,109)(H,92,93)(H,94,95)(H,96,97)(H,111,112)(H4,62,63,67)(H4,64,65,68)/t25-,26+,27+,28+,29+,30+,31+,32+,33+,34+,35+,36+,37+,38+,44+/m1/s1. The summed E-state index contributed by atoms with van der Waals surface area (Å²) >= 11 is 0. The van der Waals surface area contributed by atoms with E-state index in [9.17, 15) is 142 Å². The molecule has 0 radical (unpaired) electrons. The molecule has 15 atom stereocenters. The maximum atomic E-state index is 14.3. The molecular formula is C60H100N22O30. The van der Waals surface area contributed by atoms with Crippen molar-refractivity contribution < 1.29 is 147 Å². The number of aliphatic carboxylic acids is 4. The van der Waals surface area contributed by atoms with Gasteiger partial charge in [-0.05, 0) is 71.3 Å². The summed E-state index contributed by atoms with van der Waals surface area (Å²) in [5.74, 6) is -26.3. The van der Waals surface area contributed by atoms with Crippen molar-refractivity contribution in [3.05, 3.63) is 0 Å². The highest BCUT2D eigenvalue weighted by Gasteiger charge is 2.39. The van der Waals surface area contributed by atoms with Crippen molar-refractivity contribution >= 4 is 124 Å². The van der Waals surface area contributed by atoms with E-state index in [2.05, 4.69) is 47.2 Å². The number of aliphatic hydroxyl groups is 7. The molecule has 112 heavy (non-hydrogen) atoms. The minimum atomic E-state index is -2.18. The molecule has 0 saturated carbocycles. The molecule has 0 aromatic carbocycles. The quantitative estimate of drug-likeness (QED) is 0.0153. The van der Waals surface area contributed by atoms with Crippen LogP contribution >= 0.6 is 0 Å². The van der Waals surface area contributed by atoms with Gasteiger partial charge in [0.15, 0.2) is 11.9 Å². The van der Waals surface area contributed by atoms with Crippen LogP contribution < -0.4 is 108 Å². The minimum absolute atomic E-state index is 0.112. The number of nitrogens with zero attached hydrogens (tertiary/aromatic N) is 2. The smallest absolute Gasteiger partial charge is 0.326 e. The molecule has 1 aliphatic rings. The first-order valence-electron chi connectivity index (χ1n) is 34.2. The number of carboxylic acids is 4. The highest BCUT2D eigenvalue weighted by molar-refractivity contribution is 6.01. The Morgan fingerprint density at radius 3 is 1.05 bits per heavy atom. The number of carbonyl (C=O) groups excluding carboxylic acids is 15. The van der Waals surface area contributed by atoms with Crippen LogP contribution in [0.5, 0.6) is 0 Å². The Morgan fingerprint density at radius 1 is 0.384 bits per heavy atom. The highest BCUT2D eigenvalue weighted by atomic mass is 16.4. The highest BCUT2D eigenvalue weighted by Crippen LogP contribution is 2.11. The average molecular weight is 1610 g/mol. The van der Waals surface area contributed by atoms with E-state index in [0.717, 1.165) is 6.92 Å². The van der Waals surface area contributed by atoms with Crippen LogP contribution in [0.1, 0.15) is 90.4 Å². The molecule has 0 unspecified atom stereocenters. The average Bonchev–Trinajstić information content (AvgIpc) is 0.931. The number of aliphatic hydroxyl groups excluding tert-OH is 7. The van der Waals surface area contributed by atoms with Gasteiger partial charge in [0.25, 0.3) is 0 Å². The van der Waals surface area contributed by atoms with Crippen LogP contribution in [-0.2, 0) is 91.1 Å². The number of guanidine groups is 2. The van der Waals surface area contributed by atoms with Gasteiger partial charge in [0.05, 0.1) is 64.8 Å². The van der Waals surface area contributed by atoms with E-state index in [1.807, 2.05) is 42.5 Å². The van der Waals surface area contributed by atoms with Crippen LogP contribution in [-0.4, -0.2) is 337 Å². The molecule has 52 nitrogen and oxygen atoms in total. The number of carboxylic acid groups (broad SMARTS) is 4.